The van der Waals surface area contributed by atoms with Crippen molar-refractivity contribution in [3.63, 3.8) is 0 Å². The molecule has 0 saturated carbocycles. The van der Waals surface area contributed by atoms with Gasteiger partial charge in [-0.3, -0.25) is 9.79 Å². The molecule has 3 aromatic rings. The van der Waals surface area contributed by atoms with E-state index in [4.69, 9.17) is 42.5 Å². The molecule has 12 heteroatoms. The third-order valence-corrected chi connectivity index (χ3v) is 6.96. The Labute approximate surface area is 248 Å². The van der Waals surface area contributed by atoms with Gasteiger partial charge in [0, 0.05) is 23.2 Å². The van der Waals surface area contributed by atoms with Crippen molar-refractivity contribution in [2.75, 3.05) is 39.3 Å². The van der Waals surface area contributed by atoms with Gasteiger partial charge in [0.25, 0.3) is 0 Å². The van der Waals surface area contributed by atoms with E-state index in [0.717, 1.165) is 14.7 Å². The molecule has 1 aliphatic rings. The van der Waals surface area contributed by atoms with Crippen molar-refractivity contribution >= 4 is 69.1 Å². The first kappa shape index (κ1) is 30.0. The highest BCUT2D eigenvalue weighted by Crippen LogP contribution is 2.43. The number of carbonyl (C=O) groups is 2. The van der Waals surface area contributed by atoms with Crippen LogP contribution < -0.4 is 19.1 Å². The maximum Gasteiger partial charge on any atom is 0.341 e. The highest BCUT2D eigenvalue weighted by atomic mass is 127. The lowest BCUT2D eigenvalue weighted by Crippen LogP contribution is -2.28. The number of carboxylic acid groups (broad SMARTS) is 1. The Bertz CT molecular complexity index is 1490. The van der Waals surface area contributed by atoms with Crippen LogP contribution in [0.1, 0.15) is 16.7 Å². The van der Waals surface area contributed by atoms with Gasteiger partial charge in [-0.05, 0) is 59.0 Å². The highest BCUT2D eigenvalue weighted by molar-refractivity contribution is 14.1. The molecule has 0 atom stereocenters. The highest BCUT2D eigenvalue weighted by Gasteiger charge is 2.29. The van der Waals surface area contributed by atoms with Crippen LogP contribution in [0.15, 0.2) is 53.5 Å². The van der Waals surface area contributed by atoms with Crippen molar-refractivity contribution in [3.8, 4) is 23.3 Å². The van der Waals surface area contributed by atoms with Crippen LogP contribution in [-0.4, -0.2) is 57.1 Å². The molecule has 1 amide bonds. The number of aliphatic imine (C=N–C) groups is 1. The number of hydrogen-bond acceptors (Lipinski definition) is 7. The zero-order valence-corrected chi connectivity index (χ0v) is 24.7. The largest absolute Gasteiger partial charge is 0.493 e. The van der Waals surface area contributed by atoms with Gasteiger partial charge in [-0.25, -0.2) is 4.79 Å². The number of amides is 1. The molecule has 0 bridgehead atoms. The summed E-state index contributed by atoms with van der Waals surface area (Å²) in [5.41, 5.74) is 3.43. The summed E-state index contributed by atoms with van der Waals surface area (Å²) in [6, 6.07) is 15.7. The van der Waals surface area contributed by atoms with Crippen LogP contribution in [0.5, 0.6) is 17.2 Å². The van der Waals surface area contributed by atoms with Gasteiger partial charge >= 0.3 is 5.97 Å². The van der Waals surface area contributed by atoms with E-state index in [1.165, 1.54) is 12.1 Å². The lowest BCUT2D eigenvalue weighted by molar-refractivity contribution is -0.139. The normalized spacial score (nSPS) is 12.2. The fourth-order valence-corrected chi connectivity index (χ4v) is 5.23. The molecule has 9 nitrogen and oxygen atoms in total. The Morgan fingerprint density at radius 1 is 1.15 bits per heavy atom. The number of benzene rings is 3. The summed E-state index contributed by atoms with van der Waals surface area (Å²) in [5, 5.41) is 18.3. The Morgan fingerprint density at radius 3 is 2.51 bits per heavy atom. The van der Waals surface area contributed by atoms with Crippen molar-refractivity contribution in [3.05, 3.63) is 78.8 Å². The summed E-state index contributed by atoms with van der Waals surface area (Å²) < 4.78 is 16.6. The first-order chi connectivity index (χ1) is 18.6. The molecule has 1 aliphatic heterocycles. The smallest absolute Gasteiger partial charge is 0.341 e. The molecule has 0 aliphatic carbocycles. The Kier molecular flexibility index (Phi) is 10.4. The standard InChI is InChI=1S/C19H16IN3O3.C8H6Cl2O3/c1-23-15(24)10-22-17(12-6-4-5-11(7-12)9-21)13-8-14(25-2)19(26-3)16(20)18(13)23;9-5-1-2-7(6(10)3-5)13-4-8(11)12/h4-8H,10H2,1-3H3;1-3H,4H2,(H,11,12). The summed E-state index contributed by atoms with van der Waals surface area (Å²) in [6.07, 6.45) is 0. The summed E-state index contributed by atoms with van der Waals surface area (Å²) in [6.45, 7) is -0.390. The van der Waals surface area contributed by atoms with Crippen LogP contribution in [0.25, 0.3) is 0 Å². The summed E-state index contributed by atoms with van der Waals surface area (Å²) in [4.78, 5) is 28.7. The number of hydrogen-bond donors (Lipinski definition) is 1. The quantitative estimate of drug-likeness (QED) is 0.344. The van der Waals surface area contributed by atoms with Gasteiger partial charge in [-0.15, -0.1) is 0 Å². The van der Waals surface area contributed by atoms with Gasteiger partial charge in [-0.1, -0.05) is 35.3 Å². The van der Waals surface area contributed by atoms with Crippen LogP contribution in [0.2, 0.25) is 10.0 Å². The number of aliphatic carboxylic acids is 1. The molecule has 39 heavy (non-hydrogen) atoms. The second-order valence-corrected chi connectivity index (χ2v) is 9.81. The van der Waals surface area contributed by atoms with Crippen LogP contribution in [0.4, 0.5) is 5.69 Å². The van der Waals surface area contributed by atoms with Gasteiger partial charge in [0.05, 0.1) is 45.8 Å². The van der Waals surface area contributed by atoms with Crippen molar-refractivity contribution in [1.29, 1.82) is 5.26 Å². The number of carbonyl (C=O) groups excluding carboxylic acids is 1. The van der Waals surface area contributed by atoms with Crippen LogP contribution in [-0.2, 0) is 9.59 Å². The van der Waals surface area contributed by atoms with E-state index in [2.05, 4.69) is 33.7 Å². The monoisotopic (exact) mass is 681 g/mol. The Balaban J connectivity index is 0.000000272. The number of nitrogens with zero attached hydrogens (tertiary/aromatic N) is 3. The number of rotatable bonds is 6. The van der Waals surface area contributed by atoms with Gasteiger partial charge < -0.3 is 24.2 Å². The maximum absolute atomic E-state index is 12.5. The lowest BCUT2D eigenvalue weighted by Gasteiger charge is -2.23. The average molecular weight is 682 g/mol. The summed E-state index contributed by atoms with van der Waals surface area (Å²) >= 11 is 13.5. The third-order valence-electron chi connectivity index (χ3n) is 5.43. The molecule has 4 rings (SSSR count). The third kappa shape index (κ3) is 7.11. The van der Waals surface area contributed by atoms with Crippen LogP contribution in [0.3, 0.4) is 0 Å². The second kappa shape index (κ2) is 13.5. The predicted octanol–water partition coefficient (Wildman–Crippen LogP) is 5.45. The van der Waals surface area contributed by atoms with E-state index in [1.54, 1.807) is 50.4 Å². The Hall–Kier alpha value is -3.53. The van der Waals surface area contributed by atoms with Crippen LogP contribution >= 0.6 is 45.8 Å². The van der Waals surface area contributed by atoms with E-state index < -0.39 is 12.6 Å². The first-order valence-electron chi connectivity index (χ1n) is 11.2. The van der Waals surface area contributed by atoms with Crippen LogP contribution in [0, 0.1) is 14.9 Å². The molecule has 3 aromatic carbocycles. The summed E-state index contributed by atoms with van der Waals surface area (Å²) in [5.74, 6) is 0.267. The van der Waals surface area contributed by atoms with Gasteiger partial charge in [-0.2, -0.15) is 5.26 Å². The van der Waals surface area contributed by atoms with E-state index in [1.807, 2.05) is 12.1 Å². The molecule has 0 fully saturated rings. The van der Waals surface area contributed by atoms with Crippen molar-refractivity contribution in [1.82, 2.24) is 0 Å². The zero-order chi connectivity index (χ0) is 28.7. The number of ether oxygens (including phenoxy) is 3. The minimum atomic E-state index is -1.05. The lowest BCUT2D eigenvalue weighted by atomic mass is 9.98. The fourth-order valence-electron chi connectivity index (χ4n) is 3.63. The zero-order valence-electron chi connectivity index (χ0n) is 21.0. The fraction of sp³-hybridized carbons (Fsp3) is 0.185. The minimum Gasteiger partial charge on any atom is -0.493 e. The predicted molar refractivity (Wildman–Crippen MR) is 157 cm³/mol. The van der Waals surface area contributed by atoms with E-state index in [0.29, 0.717) is 44.3 Å². The van der Waals surface area contributed by atoms with Gasteiger partial charge in [0.2, 0.25) is 5.91 Å². The number of nitriles is 1. The molecule has 0 spiro atoms. The molecule has 202 valence electrons. The molecule has 1 heterocycles. The summed E-state index contributed by atoms with van der Waals surface area (Å²) in [7, 11) is 4.86. The van der Waals surface area contributed by atoms with Crippen molar-refractivity contribution in [2.45, 2.75) is 0 Å². The SMILES string of the molecule is COc1cc2c(c(I)c1OC)N(C)C(=O)CN=C2c1cccc(C#N)c1.O=C(O)COc1ccc(Cl)cc1Cl. The molecular weight excluding hydrogens is 660 g/mol. The number of methoxy groups -OCH3 is 2. The van der Waals surface area contributed by atoms with Gasteiger partial charge in [0.15, 0.2) is 18.1 Å². The minimum absolute atomic E-state index is 0.0258. The number of carboxylic acids is 1. The molecule has 0 unspecified atom stereocenters. The number of likely N-dealkylation sites (N-methyl/N-ethyl adjacent to an activating group) is 1. The molecular formula is C27H22Cl2IN3O6. The average Bonchev–Trinajstić information content (AvgIpc) is 3.04. The topological polar surface area (TPSA) is 121 Å². The first-order valence-corrected chi connectivity index (χ1v) is 13.0. The molecule has 0 radical (unpaired) electrons. The molecule has 0 saturated heterocycles. The van der Waals surface area contributed by atoms with E-state index >= 15 is 0 Å². The van der Waals surface area contributed by atoms with Gasteiger partial charge in [0.1, 0.15) is 12.3 Å². The molecule has 0 aromatic heterocycles. The number of halogens is 3. The van der Waals surface area contributed by atoms with E-state index in [-0.39, 0.29) is 12.5 Å². The number of fused-ring (bicyclic) bond motifs is 1. The second-order valence-electron chi connectivity index (χ2n) is 7.89. The molecule has 1 N–H and O–H groups in total. The number of benzodiazepines with no additional fused rings is 1. The number of anilines is 1. The van der Waals surface area contributed by atoms with E-state index in [9.17, 15) is 14.9 Å². The maximum atomic E-state index is 12.5. The van der Waals surface area contributed by atoms with Crippen molar-refractivity contribution in [2.24, 2.45) is 4.99 Å². The van der Waals surface area contributed by atoms with Crippen molar-refractivity contribution < 1.29 is 28.9 Å². The Morgan fingerprint density at radius 2 is 1.90 bits per heavy atom.